The van der Waals surface area contributed by atoms with Crippen LogP contribution in [0.5, 0.6) is 5.75 Å². The molecule has 0 aliphatic carbocycles. The zero-order valence-electron chi connectivity index (χ0n) is 14.8. The van der Waals surface area contributed by atoms with Crippen molar-refractivity contribution in [2.75, 3.05) is 18.5 Å². The Morgan fingerprint density at radius 1 is 1.07 bits per heavy atom. The molecular formula is C20H20ClN3O3. The standard InChI is InChI=1S/C20H20ClN3O3/c1-15(25)24-18-5-4-6-19(13-18)27-12-3-2-11-22-20(26)23-14-16-7-9-17(21)10-8-16/h4-10,13H,11-12,14H2,1H3,(H,24,25)(H2,22,23,26). The minimum absolute atomic E-state index is 0.146. The highest BCUT2D eigenvalue weighted by molar-refractivity contribution is 6.30. The van der Waals surface area contributed by atoms with Gasteiger partial charge in [-0.1, -0.05) is 41.6 Å². The molecule has 3 amide bonds. The molecule has 0 heterocycles. The van der Waals surface area contributed by atoms with Crippen LogP contribution in [0.25, 0.3) is 0 Å². The number of nitrogens with one attached hydrogen (secondary N) is 3. The van der Waals surface area contributed by atoms with Crippen LogP contribution in [0.1, 0.15) is 12.5 Å². The topological polar surface area (TPSA) is 79.5 Å². The predicted molar refractivity (Wildman–Crippen MR) is 106 cm³/mol. The molecule has 0 fully saturated rings. The van der Waals surface area contributed by atoms with E-state index in [4.69, 9.17) is 16.3 Å². The Kier molecular flexibility index (Phi) is 8.01. The summed E-state index contributed by atoms with van der Waals surface area (Å²) in [6, 6.07) is 14.0. The van der Waals surface area contributed by atoms with Crippen molar-refractivity contribution < 1.29 is 14.3 Å². The first kappa shape index (κ1) is 20.1. The molecule has 6 nitrogen and oxygen atoms in total. The molecule has 0 aliphatic rings. The Labute approximate surface area is 163 Å². The van der Waals surface area contributed by atoms with Gasteiger partial charge in [0.05, 0.1) is 6.54 Å². The number of carbonyl (C=O) groups excluding carboxylic acids is 2. The van der Waals surface area contributed by atoms with Crippen molar-refractivity contribution in [1.82, 2.24) is 10.6 Å². The van der Waals surface area contributed by atoms with Crippen LogP contribution in [0.15, 0.2) is 48.5 Å². The molecule has 0 saturated heterocycles. The Bertz CT molecular complexity index is 842. The molecule has 140 valence electrons. The van der Waals surface area contributed by atoms with Gasteiger partial charge < -0.3 is 20.7 Å². The second-order valence-corrected chi connectivity index (χ2v) is 5.95. The Morgan fingerprint density at radius 2 is 1.85 bits per heavy atom. The summed E-state index contributed by atoms with van der Waals surface area (Å²) in [6.07, 6.45) is 0. The minimum Gasteiger partial charge on any atom is -0.481 e. The maximum absolute atomic E-state index is 11.7. The highest BCUT2D eigenvalue weighted by Crippen LogP contribution is 2.17. The normalized spacial score (nSPS) is 9.56. The van der Waals surface area contributed by atoms with Crippen LogP contribution in [-0.4, -0.2) is 25.1 Å². The second-order valence-electron chi connectivity index (χ2n) is 5.51. The van der Waals surface area contributed by atoms with E-state index in [1.807, 2.05) is 12.1 Å². The first-order valence-electron chi connectivity index (χ1n) is 8.25. The maximum Gasteiger partial charge on any atom is 0.315 e. The average Bonchev–Trinajstić information content (AvgIpc) is 2.64. The number of anilines is 1. The van der Waals surface area contributed by atoms with Crippen LogP contribution in [0, 0.1) is 11.8 Å². The van der Waals surface area contributed by atoms with Crippen molar-refractivity contribution in [3.8, 4) is 17.6 Å². The van der Waals surface area contributed by atoms with E-state index in [0.717, 1.165) is 5.56 Å². The number of benzene rings is 2. The third kappa shape index (κ3) is 8.17. The molecule has 0 aliphatic heterocycles. The quantitative estimate of drug-likeness (QED) is 0.668. The van der Waals surface area contributed by atoms with Gasteiger partial charge in [0.15, 0.2) is 0 Å². The first-order valence-corrected chi connectivity index (χ1v) is 8.63. The van der Waals surface area contributed by atoms with Gasteiger partial charge in [-0.05, 0) is 29.8 Å². The predicted octanol–water partition coefficient (Wildman–Crippen LogP) is 3.18. The summed E-state index contributed by atoms with van der Waals surface area (Å²) < 4.78 is 5.49. The molecule has 2 aromatic carbocycles. The average molecular weight is 386 g/mol. The van der Waals surface area contributed by atoms with Gasteiger partial charge in [-0.15, -0.1) is 0 Å². The third-order valence-electron chi connectivity index (χ3n) is 3.29. The van der Waals surface area contributed by atoms with Gasteiger partial charge in [0.2, 0.25) is 5.91 Å². The van der Waals surface area contributed by atoms with Gasteiger partial charge >= 0.3 is 6.03 Å². The Balaban J connectivity index is 1.65. The van der Waals surface area contributed by atoms with E-state index in [0.29, 0.717) is 23.0 Å². The van der Waals surface area contributed by atoms with Crippen LogP contribution < -0.4 is 20.7 Å². The lowest BCUT2D eigenvalue weighted by molar-refractivity contribution is -0.114. The van der Waals surface area contributed by atoms with Crippen molar-refractivity contribution in [2.45, 2.75) is 13.5 Å². The molecule has 0 saturated carbocycles. The van der Waals surface area contributed by atoms with Crippen molar-refractivity contribution in [3.05, 3.63) is 59.1 Å². The van der Waals surface area contributed by atoms with E-state index in [-0.39, 0.29) is 25.1 Å². The Hall–Kier alpha value is -3.17. The lowest BCUT2D eigenvalue weighted by atomic mass is 10.2. The zero-order valence-corrected chi connectivity index (χ0v) is 15.6. The fraction of sp³-hybridized carbons (Fsp3) is 0.200. The first-order chi connectivity index (χ1) is 13.0. The van der Waals surface area contributed by atoms with E-state index in [2.05, 4.69) is 27.8 Å². The van der Waals surface area contributed by atoms with Gasteiger partial charge in [-0.2, -0.15) is 0 Å². The summed E-state index contributed by atoms with van der Waals surface area (Å²) in [6.45, 7) is 2.24. The monoisotopic (exact) mass is 385 g/mol. The summed E-state index contributed by atoms with van der Waals surface area (Å²) in [4.78, 5) is 22.7. The summed E-state index contributed by atoms with van der Waals surface area (Å²) in [5, 5.41) is 8.71. The van der Waals surface area contributed by atoms with Crippen molar-refractivity contribution in [3.63, 3.8) is 0 Å². The number of hydrogen-bond acceptors (Lipinski definition) is 3. The van der Waals surface area contributed by atoms with Crippen LogP contribution >= 0.6 is 11.6 Å². The van der Waals surface area contributed by atoms with E-state index in [1.54, 1.807) is 36.4 Å². The number of amides is 3. The smallest absolute Gasteiger partial charge is 0.315 e. The SMILES string of the molecule is CC(=O)Nc1cccc(OCC#CCNC(=O)NCc2ccc(Cl)cc2)c1. The van der Waals surface area contributed by atoms with Crippen LogP contribution in [-0.2, 0) is 11.3 Å². The number of hydrogen-bond donors (Lipinski definition) is 3. The summed E-state index contributed by atoms with van der Waals surface area (Å²) in [5.74, 6) is 6.07. The maximum atomic E-state index is 11.7. The second kappa shape index (κ2) is 10.7. The number of rotatable bonds is 6. The van der Waals surface area contributed by atoms with Crippen molar-refractivity contribution in [1.29, 1.82) is 0 Å². The largest absolute Gasteiger partial charge is 0.481 e. The number of carbonyl (C=O) groups is 2. The number of urea groups is 1. The van der Waals surface area contributed by atoms with Crippen LogP contribution in [0.2, 0.25) is 5.02 Å². The van der Waals surface area contributed by atoms with Crippen molar-refractivity contribution >= 4 is 29.2 Å². The Morgan fingerprint density at radius 3 is 2.59 bits per heavy atom. The lowest BCUT2D eigenvalue weighted by Crippen LogP contribution is -2.35. The molecule has 0 radical (unpaired) electrons. The molecule has 3 N–H and O–H groups in total. The van der Waals surface area contributed by atoms with E-state index in [1.165, 1.54) is 6.92 Å². The molecular weight excluding hydrogens is 366 g/mol. The van der Waals surface area contributed by atoms with Gasteiger partial charge in [0, 0.05) is 30.2 Å². The number of ether oxygens (including phenoxy) is 1. The third-order valence-corrected chi connectivity index (χ3v) is 3.55. The molecule has 2 aromatic rings. The fourth-order valence-corrected chi connectivity index (χ4v) is 2.20. The van der Waals surface area contributed by atoms with Crippen LogP contribution in [0.4, 0.5) is 10.5 Å². The van der Waals surface area contributed by atoms with Gasteiger partial charge in [-0.25, -0.2) is 4.79 Å². The fourth-order valence-electron chi connectivity index (χ4n) is 2.07. The molecule has 2 rings (SSSR count). The van der Waals surface area contributed by atoms with Crippen molar-refractivity contribution in [2.24, 2.45) is 0 Å². The van der Waals surface area contributed by atoms with E-state index < -0.39 is 0 Å². The van der Waals surface area contributed by atoms with Gasteiger partial charge in [0.25, 0.3) is 0 Å². The van der Waals surface area contributed by atoms with Crippen LogP contribution in [0.3, 0.4) is 0 Å². The molecule has 0 unspecified atom stereocenters. The summed E-state index contributed by atoms with van der Waals surface area (Å²) >= 11 is 5.81. The highest BCUT2D eigenvalue weighted by atomic mass is 35.5. The van der Waals surface area contributed by atoms with E-state index >= 15 is 0 Å². The molecule has 0 spiro atoms. The number of halogens is 1. The van der Waals surface area contributed by atoms with E-state index in [9.17, 15) is 9.59 Å². The minimum atomic E-state index is -0.303. The highest BCUT2D eigenvalue weighted by Gasteiger charge is 1.99. The lowest BCUT2D eigenvalue weighted by Gasteiger charge is -2.06. The summed E-state index contributed by atoms with van der Waals surface area (Å²) in [5.41, 5.74) is 1.61. The zero-order chi connectivity index (χ0) is 19.5. The molecule has 0 aromatic heterocycles. The summed E-state index contributed by atoms with van der Waals surface area (Å²) in [7, 11) is 0. The molecule has 0 bridgehead atoms. The molecule has 0 atom stereocenters. The van der Waals surface area contributed by atoms with Gasteiger partial charge in [-0.3, -0.25) is 4.79 Å². The van der Waals surface area contributed by atoms with Gasteiger partial charge in [0.1, 0.15) is 12.4 Å². The molecule has 27 heavy (non-hydrogen) atoms. The molecule has 7 heteroatoms.